The van der Waals surface area contributed by atoms with Crippen LogP contribution in [0.2, 0.25) is 0 Å². The molecule has 0 heterocycles. The molecule has 0 saturated carbocycles. The van der Waals surface area contributed by atoms with Gasteiger partial charge in [0.05, 0.1) is 12.2 Å². The Bertz CT molecular complexity index is 314. The van der Waals surface area contributed by atoms with Crippen molar-refractivity contribution in [2.75, 3.05) is 0 Å². The topological polar surface area (TPSA) is 9.23 Å². The zero-order chi connectivity index (χ0) is 10.7. The second-order valence-corrected chi connectivity index (χ2v) is 5.28. The van der Waals surface area contributed by atoms with E-state index in [4.69, 9.17) is 4.74 Å². The van der Waals surface area contributed by atoms with Gasteiger partial charge in [0.15, 0.2) is 0 Å². The van der Waals surface area contributed by atoms with Gasteiger partial charge in [0.1, 0.15) is 0 Å². The highest BCUT2D eigenvalue weighted by Gasteiger charge is 2.17. The van der Waals surface area contributed by atoms with E-state index in [1.54, 1.807) is 0 Å². The number of rotatable bonds is 2. The first-order chi connectivity index (χ1) is 7.24. The minimum atomic E-state index is 0.295. The Morgan fingerprint density at radius 3 is 2.80 bits per heavy atom. The molecule has 0 bridgehead atoms. The van der Waals surface area contributed by atoms with Gasteiger partial charge in [-0.25, -0.2) is 0 Å². The summed E-state index contributed by atoms with van der Waals surface area (Å²) in [5, 5.41) is 0. The van der Waals surface area contributed by atoms with Crippen LogP contribution in [0.15, 0.2) is 34.4 Å². The van der Waals surface area contributed by atoms with Crippen molar-refractivity contribution < 1.29 is 4.74 Å². The van der Waals surface area contributed by atoms with Crippen molar-refractivity contribution in [2.24, 2.45) is 0 Å². The first-order valence-electron chi connectivity index (χ1n) is 5.59. The van der Waals surface area contributed by atoms with Gasteiger partial charge in [-0.05, 0) is 37.1 Å². The molecule has 2 unspecified atom stereocenters. The highest BCUT2D eigenvalue weighted by atomic mass is 79.9. The van der Waals surface area contributed by atoms with Crippen molar-refractivity contribution >= 4 is 15.9 Å². The highest BCUT2D eigenvalue weighted by molar-refractivity contribution is 9.11. The number of hydrogen-bond donors (Lipinski definition) is 0. The number of ether oxygens (including phenoxy) is 1. The number of allylic oxidation sites excluding steroid dienone is 3. The summed E-state index contributed by atoms with van der Waals surface area (Å²) in [6.45, 7) is 2.13. The average molecular weight is 269 g/mol. The lowest BCUT2D eigenvalue weighted by molar-refractivity contribution is 0.00956. The predicted octanol–water partition coefficient (Wildman–Crippen LogP) is 4.11. The minimum absolute atomic E-state index is 0.295. The highest BCUT2D eigenvalue weighted by Crippen LogP contribution is 2.26. The normalized spacial score (nSPS) is 31.1. The molecule has 0 saturated heterocycles. The molecule has 2 rings (SSSR count). The molecule has 0 N–H and O–H groups in total. The van der Waals surface area contributed by atoms with Gasteiger partial charge in [-0.15, -0.1) is 0 Å². The summed E-state index contributed by atoms with van der Waals surface area (Å²) in [4.78, 5) is 0. The summed E-state index contributed by atoms with van der Waals surface area (Å²) in [5.41, 5.74) is 1.35. The molecular weight excluding hydrogens is 252 g/mol. The van der Waals surface area contributed by atoms with Crippen LogP contribution < -0.4 is 0 Å². The molecule has 2 atom stereocenters. The molecular formula is C13H17BrO. The fourth-order valence-corrected chi connectivity index (χ4v) is 2.37. The molecule has 1 nitrogen and oxygen atoms in total. The lowest BCUT2D eigenvalue weighted by Gasteiger charge is -2.25. The van der Waals surface area contributed by atoms with Gasteiger partial charge in [-0.3, -0.25) is 0 Å². The fourth-order valence-electron chi connectivity index (χ4n) is 1.96. The van der Waals surface area contributed by atoms with Crippen molar-refractivity contribution in [3.63, 3.8) is 0 Å². The Hall–Kier alpha value is -0.340. The third-order valence-electron chi connectivity index (χ3n) is 2.92. The van der Waals surface area contributed by atoms with Gasteiger partial charge in [0.25, 0.3) is 0 Å². The molecule has 0 aromatic heterocycles. The van der Waals surface area contributed by atoms with E-state index in [1.807, 2.05) is 0 Å². The molecule has 0 spiro atoms. The van der Waals surface area contributed by atoms with Gasteiger partial charge >= 0.3 is 0 Å². The second-order valence-electron chi connectivity index (χ2n) is 4.26. The van der Waals surface area contributed by atoms with Crippen molar-refractivity contribution in [3.05, 3.63) is 34.4 Å². The molecule has 2 aliphatic rings. The first kappa shape index (κ1) is 11.2. The van der Waals surface area contributed by atoms with E-state index in [-0.39, 0.29) is 0 Å². The maximum absolute atomic E-state index is 6.03. The van der Waals surface area contributed by atoms with Crippen LogP contribution in [0, 0.1) is 0 Å². The van der Waals surface area contributed by atoms with Gasteiger partial charge < -0.3 is 4.74 Å². The molecule has 0 aromatic carbocycles. The number of hydrogen-bond acceptors (Lipinski definition) is 1. The third kappa shape index (κ3) is 3.32. The molecule has 0 amide bonds. The molecule has 2 aliphatic carbocycles. The SMILES string of the molecule is CC1=CCC(OC2CC=C(Br)CC2)C=C1. The molecule has 0 aliphatic heterocycles. The van der Waals surface area contributed by atoms with E-state index in [1.165, 1.54) is 10.1 Å². The van der Waals surface area contributed by atoms with Crippen LogP contribution in [0.25, 0.3) is 0 Å². The Balaban J connectivity index is 1.81. The smallest absolute Gasteiger partial charge is 0.0797 e. The quantitative estimate of drug-likeness (QED) is 0.733. The first-order valence-corrected chi connectivity index (χ1v) is 6.38. The average Bonchev–Trinajstić information content (AvgIpc) is 2.25. The van der Waals surface area contributed by atoms with Crippen LogP contribution in [0.4, 0.5) is 0 Å². The summed E-state index contributed by atoms with van der Waals surface area (Å²) in [6, 6.07) is 0. The zero-order valence-corrected chi connectivity index (χ0v) is 10.7. The monoisotopic (exact) mass is 268 g/mol. The van der Waals surface area contributed by atoms with Crippen LogP contribution in [0.5, 0.6) is 0 Å². The van der Waals surface area contributed by atoms with Crippen LogP contribution in [-0.4, -0.2) is 12.2 Å². The Labute approximate surface area is 100 Å². The summed E-state index contributed by atoms with van der Waals surface area (Å²) in [7, 11) is 0. The van der Waals surface area contributed by atoms with Crippen molar-refractivity contribution in [1.82, 2.24) is 0 Å². The van der Waals surface area contributed by atoms with E-state index < -0.39 is 0 Å². The minimum Gasteiger partial charge on any atom is -0.370 e. The van der Waals surface area contributed by atoms with Crippen LogP contribution in [0.1, 0.15) is 32.6 Å². The molecule has 0 fully saturated rings. The lowest BCUT2D eigenvalue weighted by Crippen LogP contribution is -2.22. The van der Waals surface area contributed by atoms with Crippen molar-refractivity contribution in [3.8, 4) is 0 Å². The molecule has 0 aromatic rings. The largest absolute Gasteiger partial charge is 0.370 e. The van der Waals surface area contributed by atoms with Crippen LogP contribution in [-0.2, 0) is 4.74 Å². The van der Waals surface area contributed by atoms with Crippen LogP contribution in [0.3, 0.4) is 0 Å². The third-order valence-corrected chi connectivity index (χ3v) is 3.64. The van der Waals surface area contributed by atoms with Crippen LogP contribution >= 0.6 is 15.9 Å². The van der Waals surface area contributed by atoms with Gasteiger partial charge in [0.2, 0.25) is 0 Å². The number of halogens is 1. The lowest BCUT2D eigenvalue weighted by atomic mass is 10.0. The van der Waals surface area contributed by atoms with E-state index in [0.717, 1.165) is 25.7 Å². The summed E-state index contributed by atoms with van der Waals surface area (Å²) in [5.74, 6) is 0. The zero-order valence-electron chi connectivity index (χ0n) is 9.08. The molecule has 0 radical (unpaired) electrons. The van der Waals surface area contributed by atoms with Gasteiger partial charge in [0, 0.05) is 0 Å². The van der Waals surface area contributed by atoms with E-state index in [2.05, 4.69) is 47.2 Å². The molecule has 82 valence electrons. The van der Waals surface area contributed by atoms with Gasteiger partial charge in [-0.2, -0.15) is 0 Å². The fraction of sp³-hybridized carbons (Fsp3) is 0.538. The van der Waals surface area contributed by atoms with E-state index in [9.17, 15) is 0 Å². The van der Waals surface area contributed by atoms with Gasteiger partial charge in [-0.1, -0.05) is 45.8 Å². The Morgan fingerprint density at radius 2 is 2.20 bits per heavy atom. The summed E-state index contributed by atoms with van der Waals surface area (Å²) < 4.78 is 7.36. The summed E-state index contributed by atoms with van der Waals surface area (Å²) >= 11 is 3.53. The van der Waals surface area contributed by atoms with Crippen molar-refractivity contribution in [2.45, 2.75) is 44.8 Å². The second kappa shape index (κ2) is 5.13. The Kier molecular flexibility index (Phi) is 3.81. The summed E-state index contributed by atoms with van der Waals surface area (Å²) in [6.07, 6.45) is 13.9. The Morgan fingerprint density at radius 1 is 1.33 bits per heavy atom. The molecule has 15 heavy (non-hydrogen) atoms. The standard InChI is InChI=1S/C13H17BrO/c1-10-2-6-12(7-3-10)15-13-8-4-11(14)5-9-13/h2-4,6,12-13H,5,7-9H2,1H3. The van der Waals surface area contributed by atoms with E-state index >= 15 is 0 Å². The van der Waals surface area contributed by atoms with Crippen molar-refractivity contribution in [1.29, 1.82) is 0 Å². The molecule has 2 heteroatoms. The maximum Gasteiger partial charge on any atom is 0.0797 e. The van der Waals surface area contributed by atoms with E-state index in [0.29, 0.717) is 12.2 Å². The maximum atomic E-state index is 6.03. The predicted molar refractivity (Wildman–Crippen MR) is 67.0 cm³/mol.